The fourth-order valence-corrected chi connectivity index (χ4v) is 4.81. The molecular formula is C25H29N3O5S. The summed E-state index contributed by atoms with van der Waals surface area (Å²) in [7, 11) is 0.877. The number of rotatable bonds is 11. The quantitative estimate of drug-likeness (QED) is 0.451. The molecule has 0 heterocycles. The Kier molecular flexibility index (Phi) is 8.37. The average molecular weight is 484 g/mol. The first-order chi connectivity index (χ1) is 16.4. The Hall–Kier alpha value is -3.72. The highest BCUT2D eigenvalue weighted by atomic mass is 32.2. The third kappa shape index (κ3) is 5.99. The zero-order valence-electron chi connectivity index (χ0n) is 19.5. The van der Waals surface area contributed by atoms with Crippen LogP contribution in [0, 0.1) is 0 Å². The number of hydrogen-bond acceptors (Lipinski definition) is 6. The minimum absolute atomic E-state index is 0.0846. The van der Waals surface area contributed by atoms with Crippen LogP contribution in [0.1, 0.15) is 0 Å². The van der Waals surface area contributed by atoms with Crippen molar-refractivity contribution in [2.24, 2.45) is 0 Å². The van der Waals surface area contributed by atoms with Crippen LogP contribution >= 0.6 is 0 Å². The maximum atomic E-state index is 13.5. The largest absolute Gasteiger partial charge is 0.493 e. The number of para-hydroxylation sites is 1. The van der Waals surface area contributed by atoms with Crippen LogP contribution in [-0.4, -0.2) is 55.2 Å². The Morgan fingerprint density at radius 3 is 2.09 bits per heavy atom. The lowest BCUT2D eigenvalue weighted by Crippen LogP contribution is -2.42. The molecule has 8 nitrogen and oxygen atoms in total. The zero-order valence-corrected chi connectivity index (χ0v) is 20.3. The van der Waals surface area contributed by atoms with E-state index < -0.39 is 15.9 Å². The number of ether oxygens (including phenoxy) is 2. The Balaban J connectivity index is 1.79. The Morgan fingerprint density at radius 2 is 1.47 bits per heavy atom. The van der Waals surface area contributed by atoms with E-state index in [4.69, 9.17) is 9.47 Å². The second-order valence-electron chi connectivity index (χ2n) is 7.47. The van der Waals surface area contributed by atoms with E-state index in [0.717, 1.165) is 9.99 Å². The summed E-state index contributed by atoms with van der Waals surface area (Å²) >= 11 is 0. The van der Waals surface area contributed by atoms with Gasteiger partial charge < -0.3 is 19.7 Å². The van der Waals surface area contributed by atoms with E-state index in [0.29, 0.717) is 24.6 Å². The number of benzene rings is 3. The van der Waals surface area contributed by atoms with Gasteiger partial charge in [0.15, 0.2) is 11.5 Å². The van der Waals surface area contributed by atoms with E-state index in [1.54, 1.807) is 30.3 Å². The third-order valence-corrected chi connectivity index (χ3v) is 7.03. The molecule has 3 aromatic rings. The standard InChI is InChI=1S/C25H29N3O5S/c1-27(20-10-6-4-7-11-20)17-16-26-25(29)19-28(34(30,31)22-12-8-5-9-13-22)21-14-15-23(32-2)24(18-21)33-3/h4-15,18H,16-17,19H2,1-3H3,(H,26,29). The molecule has 0 aromatic heterocycles. The molecule has 180 valence electrons. The molecule has 0 aliphatic heterocycles. The predicted molar refractivity (Wildman–Crippen MR) is 133 cm³/mol. The number of likely N-dealkylation sites (N-methyl/N-ethyl adjacent to an activating group) is 1. The molecule has 0 fully saturated rings. The summed E-state index contributed by atoms with van der Waals surface area (Å²) < 4.78 is 38.6. The van der Waals surface area contributed by atoms with Gasteiger partial charge in [0.2, 0.25) is 5.91 Å². The first-order valence-corrected chi connectivity index (χ1v) is 12.1. The van der Waals surface area contributed by atoms with Crippen LogP contribution in [0.3, 0.4) is 0 Å². The summed E-state index contributed by atoms with van der Waals surface area (Å²) in [6, 6.07) is 22.5. The number of sulfonamides is 1. The lowest BCUT2D eigenvalue weighted by molar-refractivity contribution is -0.119. The molecule has 0 aliphatic rings. The fraction of sp³-hybridized carbons (Fsp3) is 0.240. The van der Waals surface area contributed by atoms with Gasteiger partial charge in [-0.25, -0.2) is 8.42 Å². The second kappa shape index (κ2) is 11.4. The van der Waals surface area contributed by atoms with E-state index in [-0.39, 0.29) is 17.1 Å². The number of nitrogens with zero attached hydrogens (tertiary/aromatic N) is 2. The number of hydrogen-bond donors (Lipinski definition) is 1. The molecule has 0 radical (unpaired) electrons. The highest BCUT2D eigenvalue weighted by Crippen LogP contribution is 2.33. The molecule has 34 heavy (non-hydrogen) atoms. The van der Waals surface area contributed by atoms with Crippen LogP contribution in [-0.2, 0) is 14.8 Å². The first kappa shape index (κ1) is 24.9. The van der Waals surface area contributed by atoms with Crippen LogP contribution in [0.25, 0.3) is 0 Å². The number of carbonyl (C=O) groups is 1. The van der Waals surface area contributed by atoms with Crippen molar-refractivity contribution in [2.75, 3.05) is 50.1 Å². The van der Waals surface area contributed by atoms with Crippen molar-refractivity contribution < 1.29 is 22.7 Å². The van der Waals surface area contributed by atoms with Gasteiger partial charge in [0.25, 0.3) is 10.0 Å². The Bertz CT molecular complexity index is 1190. The van der Waals surface area contributed by atoms with Gasteiger partial charge in [-0.15, -0.1) is 0 Å². The van der Waals surface area contributed by atoms with Gasteiger partial charge in [0, 0.05) is 31.9 Å². The van der Waals surface area contributed by atoms with E-state index in [1.807, 2.05) is 42.3 Å². The van der Waals surface area contributed by atoms with Crippen LogP contribution in [0.4, 0.5) is 11.4 Å². The van der Waals surface area contributed by atoms with Gasteiger partial charge in [0.1, 0.15) is 6.54 Å². The molecule has 0 spiro atoms. The SMILES string of the molecule is COc1ccc(N(CC(=O)NCCN(C)c2ccccc2)S(=O)(=O)c2ccccc2)cc1OC. The van der Waals surface area contributed by atoms with Gasteiger partial charge in [-0.05, 0) is 36.4 Å². The Labute approximate surface area is 200 Å². The molecule has 0 atom stereocenters. The van der Waals surface area contributed by atoms with Gasteiger partial charge >= 0.3 is 0 Å². The number of carbonyl (C=O) groups excluding carboxylic acids is 1. The molecule has 3 rings (SSSR count). The number of anilines is 2. The van der Waals surface area contributed by atoms with Gasteiger partial charge in [-0.2, -0.15) is 0 Å². The molecule has 0 saturated heterocycles. The van der Waals surface area contributed by atoms with Crippen molar-refractivity contribution in [3.05, 3.63) is 78.9 Å². The van der Waals surface area contributed by atoms with Crippen molar-refractivity contribution in [3.8, 4) is 11.5 Å². The minimum Gasteiger partial charge on any atom is -0.493 e. The number of nitrogens with one attached hydrogen (secondary N) is 1. The molecule has 9 heteroatoms. The fourth-order valence-electron chi connectivity index (χ4n) is 3.38. The average Bonchev–Trinajstić information content (AvgIpc) is 2.87. The molecule has 1 N–H and O–H groups in total. The summed E-state index contributed by atoms with van der Waals surface area (Å²) in [4.78, 5) is 14.9. The summed E-state index contributed by atoms with van der Waals surface area (Å²) in [6.45, 7) is 0.536. The maximum absolute atomic E-state index is 13.5. The topological polar surface area (TPSA) is 88.2 Å². The molecule has 1 amide bonds. The van der Waals surface area contributed by atoms with Gasteiger partial charge in [-0.3, -0.25) is 9.10 Å². The lowest BCUT2D eigenvalue weighted by Gasteiger charge is -2.25. The lowest BCUT2D eigenvalue weighted by atomic mass is 10.2. The monoisotopic (exact) mass is 483 g/mol. The highest BCUT2D eigenvalue weighted by Gasteiger charge is 2.28. The van der Waals surface area contributed by atoms with Crippen molar-refractivity contribution in [1.29, 1.82) is 0 Å². The van der Waals surface area contributed by atoms with Crippen LogP contribution in [0.2, 0.25) is 0 Å². The number of methoxy groups -OCH3 is 2. The normalized spacial score (nSPS) is 10.9. The predicted octanol–water partition coefficient (Wildman–Crippen LogP) is 3.15. The van der Waals surface area contributed by atoms with Crippen LogP contribution in [0.5, 0.6) is 11.5 Å². The van der Waals surface area contributed by atoms with Crippen molar-refractivity contribution in [1.82, 2.24) is 5.32 Å². The molecule has 3 aromatic carbocycles. The maximum Gasteiger partial charge on any atom is 0.264 e. The van der Waals surface area contributed by atoms with E-state index in [2.05, 4.69) is 5.32 Å². The van der Waals surface area contributed by atoms with Gasteiger partial charge in [-0.1, -0.05) is 36.4 Å². The summed E-state index contributed by atoms with van der Waals surface area (Å²) in [5.41, 5.74) is 1.31. The number of amides is 1. The van der Waals surface area contributed by atoms with E-state index in [1.165, 1.54) is 32.4 Å². The van der Waals surface area contributed by atoms with Crippen LogP contribution < -0.4 is 24.0 Å². The summed E-state index contributed by atoms with van der Waals surface area (Å²) in [5.74, 6) is 0.394. The molecule has 0 saturated carbocycles. The van der Waals surface area contributed by atoms with Crippen molar-refractivity contribution in [3.63, 3.8) is 0 Å². The first-order valence-electron chi connectivity index (χ1n) is 10.7. The van der Waals surface area contributed by atoms with E-state index in [9.17, 15) is 13.2 Å². The molecular weight excluding hydrogens is 454 g/mol. The summed E-state index contributed by atoms with van der Waals surface area (Å²) in [6.07, 6.45) is 0. The molecule has 0 aliphatic carbocycles. The molecule has 0 bridgehead atoms. The summed E-state index contributed by atoms with van der Waals surface area (Å²) in [5, 5.41) is 2.82. The van der Waals surface area contributed by atoms with Crippen molar-refractivity contribution >= 4 is 27.3 Å². The Morgan fingerprint density at radius 1 is 0.853 bits per heavy atom. The highest BCUT2D eigenvalue weighted by molar-refractivity contribution is 7.92. The van der Waals surface area contributed by atoms with Crippen LogP contribution in [0.15, 0.2) is 83.8 Å². The van der Waals surface area contributed by atoms with Gasteiger partial charge in [0.05, 0.1) is 24.8 Å². The zero-order chi connectivity index (χ0) is 24.6. The minimum atomic E-state index is -4.01. The van der Waals surface area contributed by atoms with Crippen molar-refractivity contribution in [2.45, 2.75) is 4.90 Å². The smallest absolute Gasteiger partial charge is 0.264 e. The molecule has 0 unspecified atom stereocenters. The second-order valence-corrected chi connectivity index (χ2v) is 9.33. The van der Waals surface area contributed by atoms with E-state index >= 15 is 0 Å². The third-order valence-electron chi connectivity index (χ3n) is 5.24.